The highest BCUT2D eigenvalue weighted by molar-refractivity contribution is 5.35. The Morgan fingerprint density at radius 3 is 2.88 bits per heavy atom. The summed E-state index contributed by atoms with van der Waals surface area (Å²) in [5.74, 6) is 0.774. The molecular formula is C20H22N4O. The first kappa shape index (κ1) is 15.0. The number of benzene rings is 1. The summed E-state index contributed by atoms with van der Waals surface area (Å²) >= 11 is 0. The minimum atomic E-state index is -0.0776. The molecule has 0 saturated carbocycles. The van der Waals surface area contributed by atoms with Gasteiger partial charge in [0.15, 0.2) is 0 Å². The van der Waals surface area contributed by atoms with E-state index in [1.54, 1.807) is 6.20 Å². The monoisotopic (exact) mass is 334 g/mol. The molecule has 1 aromatic carbocycles. The molecule has 0 radical (unpaired) electrons. The molecule has 128 valence electrons. The van der Waals surface area contributed by atoms with Gasteiger partial charge in [0.2, 0.25) is 5.78 Å². The van der Waals surface area contributed by atoms with E-state index in [1.165, 1.54) is 11.1 Å². The molecule has 5 rings (SSSR count). The van der Waals surface area contributed by atoms with Gasteiger partial charge in [-0.2, -0.15) is 0 Å². The van der Waals surface area contributed by atoms with E-state index >= 15 is 0 Å². The first-order valence-electron chi connectivity index (χ1n) is 9.06. The van der Waals surface area contributed by atoms with Crippen LogP contribution in [0.1, 0.15) is 29.7 Å². The quantitative estimate of drug-likeness (QED) is 0.723. The number of aromatic nitrogens is 3. The van der Waals surface area contributed by atoms with Gasteiger partial charge in [-0.05, 0) is 36.5 Å². The lowest BCUT2D eigenvalue weighted by Crippen LogP contribution is -2.46. The Balaban J connectivity index is 1.32. The summed E-state index contributed by atoms with van der Waals surface area (Å²) in [6.45, 7) is 3.79. The van der Waals surface area contributed by atoms with E-state index in [0.29, 0.717) is 0 Å². The maximum atomic E-state index is 6.32. The lowest BCUT2D eigenvalue weighted by Gasteiger charge is -2.45. The molecule has 2 aliphatic heterocycles. The topological polar surface area (TPSA) is 42.7 Å². The van der Waals surface area contributed by atoms with Crippen LogP contribution in [-0.4, -0.2) is 39.0 Å². The second-order valence-corrected chi connectivity index (χ2v) is 7.09. The fourth-order valence-corrected chi connectivity index (χ4v) is 4.29. The van der Waals surface area contributed by atoms with Crippen LogP contribution in [0, 0.1) is 0 Å². The number of rotatable bonds is 2. The Hall–Kier alpha value is -2.24. The number of fused-ring (bicyclic) bond motifs is 3. The van der Waals surface area contributed by atoms with Gasteiger partial charge in [-0.3, -0.25) is 9.30 Å². The highest BCUT2D eigenvalue weighted by Gasteiger charge is 2.40. The van der Waals surface area contributed by atoms with Crippen molar-refractivity contribution in [2.24, 2.45) is 0 Å². The molecule has 5 nitrogen and oxygen atoms in total. The number of ether oxygens (including phenoxy) is 1. The van der Waals surface area contributed by atoms with Crippen LogP contribution in [0.25, 0.3) is 5.78 Å². The molecule has 0 aliphatic carbocycles. The van der Waals surface area contributed by atoms with Crippen molar-refractivity contribution in [1.29, 1.82) is 0 Å². The normalized spacial score (nSPS) is 20.0. The van der Waals surface area contributed by atoms with Gasteiger partial charge in [-0.1, -0.05) is 24.3 Å². The lowest BCUT2D eigenvalue weighted by atomic mass is 9.79. The van der Waals surface area contributed by atoms with Crippen LogP contribution in [0.4, 0.5) is 0 Å². The molecule has 25 heavy (non-hydrogen) atoms. The summed E-state index contributed by atoms with van der Waals surface area (Å²) in [4.78, 5) is 11.4. The Bertz CT molecular complexity index is 862. The molecule has 0 atom stereocenters. The number of imidazole rings is 1. The fourth-order valence-electron chi connectivity index (χ4n) is 4.29. The standard InChI is InChI=1S/C20H22N4O/c1-2-5-18-16(4-1)6-13-25-20(18)7-11-23(12-8-20)14-17-15-24-10-3-9-21-19(24)22-17/h1-5,9-10,15H,6-8,11-14H2. The number of hydrogen-bond donors (Lipinski definition) is 0. The van der Waals surface area contributed by atoms with Crippen molar-refractivity contribution in [3.8, 4) is 0 Å². The third-order valence-corrected chi connectivity index (χ3v) is 5.59. The predicted octanol–water partition coefficient (Wildman–Crippen LogP) is 2.79. The molecule has 1 spiro atoms. The SMILES string of the molecule is c1ccc2c(c1)CCOC21CCN(Cc2cn3cccnc3n2)CC1. The van der Waals surface area contributed by atoms with E-state index in [-0.39, 0.29) is 5.60 Å². The largest absolute Gasteiger partial charge is 0.370 e. The van der Waals surface area contributed by atoms with Crippen LogP contribution >= 0.6 is 0 Å². The van der Waals surface area contributed by atoms with Gasteiger partial charge < -0.3 is 4.74 Å². The number of nitrogens with zero attached hydrogens (tertiary/aromatic N) is 4. The summed E-state index contributed by atoms with van der Waals surface area (Å²) < 4.78 is 8.31. The highest BCUT2D eigenvalue weighted by atomic mass is 16.5. The first-order valence-corrected chi connectivity index (χ1v) is 9.06. The molecule has 1 saturated heterocycles. The van der Waals surface area contributed by atoms with Crippen LogP contribution < -0.4 is 0 Å². The van der Waals surface area contributed by atoms with Gasteiger partial charge in [0.1, 0.15) is 0 Å². The van der Waals surface area contributed by atoms with Crippen molar-refractivity contribution in [2.75, 3.05) is 19.7 Å². The van der Waals surface area contributed by atoms with Gasteiger partial charge in [-0.25, -0.2) is 9.97 Å². The Kier molecular flexibility index (Phi) is 3.57. The molecule has 0 N–H and O–H groups in total. The molecule has 4 heterocycles. The number of likely N-dealkylation sites (tertiary alicyclic amines) is 1. The smallest absolute Gasteiger partial charge is 0.233 e. The summed E-state index contributed by atoms with van der Waals surface area (Å²) in [5.41, 5.74) is 3.89. The van der Waals surface area contributed by atoms with Crippen molar-refractivity contribution in [2.45, 2.75) is 31.4 Å². The van der Waals surface area contributed by atoms with Crippen LogP contribution in [-0.2, 0) is 23.3 Å². The van der Waals surface area contributed by atoms with Gasteiger partial charge in [0.05, 0.1) is 17.9 Å². The summed E-state index contributed by atoms with van der Waals surface area (Å²) in [6.07, 6.45) is 9.01. The maximum Gasteiger partial charge on any atom is 0.233 e. The van der Waals surface area contributed by atoms with Gasteiger partial charge in [0, 0.05) is 38.2 Å². The van der Waals surface area contributed by atoms with Crippen molar-refractivity contribution < 1.29 is 4.74 Å². The molecule has 2 aliphatic rings. The fraction of sp³-hybridized carbons (Fsp3) is 0.400. The van der Waals surface area contributed by atoms with E-state index in [1.807, 2.05) is 16.7 Å². The molecule has 2 aromatic heterocycles. The highest BCUT2D eigenvalue weighted by Crippen LogP contribution is 2.41. The average Bonchev–Trinajstić information content (AvgIpc) is 3.06. The first-order chi connectivity index (χ1) is 12.3. The minimum Gasteiger partial charge on any atom is -0.370 e. The molecule has 5 heteroatoms. The van der Waals surface area contributed by atoms with Crippen molar-refractivity contribution in [3.63, 3.8) is 0 Å². The van der Waals surface area contributed by atoms with Crippen molar-refractivity contribution in [1.82, 2.24) is 19.3 Å². The van der Waals surface area contributed by atoms with Crippen LogP contribution in [0.5, 0.6) is 0 Å². The second kappa shape index (κ2) is 5.93. The molecule has 0 amide bonds. The summed E-state index contributed by atoms with van der Waals surface area (Å²) in [6, 6.07) is 10.7. The number of hydrogen-bond acceptors (Lipinski definition) is 4. The molecule has 1 fully saturated rings. The zero-order valence-electron chi connectivity index (χ0n) is 14.3. The Morgan fingerprint density at radius 1 is 1.12 bits per heavy atom. The van der Waals surface area contributed by atoms with E-state index < -0.39 is 0 Å². The lowest BCUT2D eigenvalue weighted by molar-refractivity contribution is -0.0990. The summed E-state index contributed by atoms with van der Waals surface area (Å²) in [5, 5.41) is 0. The van der Waals surface area contributed by atoms with E-state index in [0.717, 1.165) is 57.0 Å². The molecule has 0 bridgehead atoms. The maximum absolute atomic E-state index is 6.32. The summed E-state index contributed by atoms with van der Waals surface area (Å²) in [7, 11) is 0. The zero-order chi connectivity index (χ0) is 16.7. The third-order valence-electron chi connectivity index (χ3n) is 5.59. The zero-order valence-corrected chi connectivity index (χ0v) is 14.3. The average molecular weight is 334 g/mol. The van der Waals surface area contributed by atoms with Crippen LogP contribution in [0.15, 0.2) is 48.9 Å². The minimum absolute atomic E-state index is 0.0776. The number of piperidine rings is 1. The Labute approximate surface area is 147 Å². The predicted molar refractivity (Wildman–Crippen MR) is 95.3 cm³/mol. The van der Waals surface area contributed by atoms with Gasteiger partial charge in [0.25, 0.3) is 0 Å². The van der Waals surface area contributed by atoms with E-state index in [2.05, 4.69) is 45.3 Å². The molecular weight excluding hydrogens is 312 g/mol. The van der Waals surface area contributed by atoms with Gasteiger partial charge >= 0.3 is 0 Å². The van der Waals surface area contributed by atoms with Crippen molar-refractivity contribution in [3.05, 3.63) is 65.7 Å². The second-order valence-electron chi connectivity index (χ2n) is 7.09. The molecule has 0 unspecified atom stereocenters. The third kappa shape index (κ3) is 2.64. The van der Waals surface area contributed by atoms with Crippen molar-refractivity contribution >= 4 is 5.78 Å². The van der Waals surface area contributed by atoms with Crippen LogP contribution in [0.3, 0.4) is 0 Å². The Morgan fingerprint density at radius 2 is 2.00 bits per heavy atom. The van der Waals surface area contributed by atoms with Gasteiger partial charge in [-0.15, -0.1) is 0 Å². The van der Waals surface area contributed by atoms with Crippen LogP contribution in [0.2, 0.25) is 0 Å². The molecule has 3 aromatic rings. The van der Waals surface area contributed by atoms with E-state index in [4.69, 9.17) is 4.74 Å². The van der Waals surface area contributed by atoms with E-state index in [9.17, 15) is 0 Å².